The fourth-order valence-electron chi connectivity index (χ4n) is 6.41. The Labute approximate surface area is 338 Å². The van der Waals surface area contributed by atoms with Gasteiger partial charge in [-0.3, -0.25) is 4.99 Å². The predicted octanol–water partition coefficient (Wildman–Crippen LogP) is 12.5. The molecule has 0 saturated carbocycles. The van der Waals surface area contributed by atoms with Gasteiger partial charge in [-0.1, -0.05) is 37.0 Å². The van der Waals surface area contributed by atoms with E-state index < -0.39 is 0 Å². The number of thiophene rings is 2. The van der Waals surface area contributed by atoms with Crippen LogP contribution in [0.5, 0.6) is 0 Å². The van der Waals surface area contributed by atoms with Crippen molar-refractivity contribution >= 4 is 73.4 Å². The minimum Gasteiger partial charge on any atom is -0.462 e. The van der Waals surface area contributed by atoms with Gasteiger partial charge in [-0.15, -0.1) is 45.3 Å². The predicted molar refractivity (Wildman–Crippen MR) is 241 cm³/mol. The van der Waals surface area contributed by atoms with Crippen LogP contribution in [0, 0.1) is 13.8 Å². The summed E-state index contributed by atoms with van der Waals surface area (Å²) < 4.78 is 8.15. The minimum atomic E-state index is 0.875. The summed E-state index contributed by atoms with van der Waals surface area (Å²) in [5.41, 5.74) is 12.4. The third-order valence-corrected chi connectivity index (χ3v) is 14.7. The Morgan fingerprint density at radius 3 is 1.65 bits per heavy atom. The Hall–Kier alpha value is -3.43. The van der Waals surface area contributed by atoms with E-state index in [4.69, 9.17) is 19.4 Å². The molecule has 54 heavy (non-hydrogen) atoms. The maximum absolute atomic E-state index is 5.40. The molecule has 8 heteroatoms. The highest BCUT2D eigenvalue weighted by atomic mass is 32.1. The minimum absolute atomic E-state index is 0.875. The van der Waals surface area contributed by atoms with Crippen LogP contribution in [0.4, 0.5) is 0 Å². The number of nitrogens with zero attached hydrogens (tertiary/aromatic N) is 3. The molecule has 0 unspecified atom stereocenters. The summed E-state index contributed by atoms with van der Waals surface area (Å²) in [7, 11) is 0. The Morgan fingerprint density at radius 2 is 1.13 bits per heavy atom. The molecule has 0 aromatic carbocycles. The van der Waals surface area contributed by atoms with Gasteiger partial charge in [0, 0.05) is 14.6 Å². The summed E-state index contributed by atoms with van der Waals surface area (Å²) in [5.74, 6) is 0.875. The standard InChI is InChI=1S/C16H21NS.C14H15NS2.C13H13NOS.C3H8/c1-10-6-7-11(2)16(13(10)4)17-14(5)15-9-8-12(3)18-15;1-8-4-5-9(2)13-12(8)15-14(17-13)11-7-6-10(3)16-11;1-8-5-6-9(2)12-11(8)14-13(16-12)10-4-3-7-15-10;1-3-2/h8-9H,6-7H2,1-5H3;6-7H,4-5H2,1-3H3;3-4,7H,5-6H2,1-2H3;3H2,1-2H3. The van der Waals surface area contributed by atoms with E-state index in [-0.39, 0.29) is 0 Å². The lowest BCUT2D eigenvalue weighted by Crippen LogP contribution is -2.28. The normalized spacial score (nSPS) is 15.6. The van der Waals surface area contributed by atoms with Crippen LogP contribution in [-0.4, -0.2) is 15.7 Å². The van der Waals surface area contributed by atoms with Crippen molar-refractivity contribution < 1.29 is 4.42 Å². The number of rotatable bonds is 4. The molecular weight excluding hydrogens is 739 g/mol. The van der Waals surface area contributed by atoms with Crippen molar-refractivity contribution in [1.82, 2.24) is 9.97 Å². The van der Waals surface area contributed by atoms with Gasteiger partial charge in [-0.2, -0.15) is 0 Å². The van der Waals surface area contributed by atoms with Crippen molar-refractivity contribution in [3.8, 4) is 20.7 Å². The van der Waals surface area contributed by atoms with Crippen molar-refractivity contribution in [2.75, 3.05) is 0 Å². The highest BCUT2D eigenvalue weighted by molar-refractivity contribution is 7.21. The van der Waals surface area contributed by atoms with Crippen LogP contribution in [0.25, 0.3) is 42.9 Å². The molecule has 5 aromatic heterocycles. The van der Waals surface area contributed by atoms with Gasteiger partial charge >= 0.3 is 0 Å². The topological polar surface area (TPSA) is 51.3 Å². The molecule has 0 aliphatic heterocycles. The van der Waals surface area contributed by atoms with Gasteiger partial charge in [-0.05, 0) is 166 Å². The van der Waals surface area contributed by atoms with Crippen molar-refractivity contribution in [2.45, 2.75) is 128 Å². The van der Waals surface area contributed by atoms with E-state index in [1.165, 1.54) is 121 Å². The lowest BCUT2D eigenvalue weighted by Gasteiger charge is -2.18. The molecule has 4 nitrogen and oxygen atoms in total. The first-order valence-corrected chi connectivity index (χ1v) is 22.5. The molecule has 0 fully saturated rings. The number of hydrogen-bond donors (Lipinski definition) is 0. The highest BCUT2D eigenvalue weighted by Gasteiger charge is 2.16. The molecular formula is C46H57N3OS4. The van der Waals surface area contributed by atoms with Crippen LogP contribution in [0.1, 0.15) is 129 Å². The molecule has 0 saturated heterocycles. The van der Waals surface area contributed by atoms with E-state index in [2.05, 4.69) is 107 Å². The van der Waals surface area contributed by atoms with E-state index in [1.54, 1.807) is 17.6 Å². The van der Waals surface area contributed by atoms with Gasteiger partial charge in [0.25, 0.3) is 0 Å². The van der Waals surface area contributed by atoms with Gasteiger partial charge in [0.1, 0.15) is 5.01 Å². The number of fused-ring (bicyclic) bond motifs is 2. The molecule has 0 bridgehead atoms. The highest BCUT2D eigenvalue weighted by Crippen LogP contribution is 2.32. The summed E-state index contributed by atoms with van der Waals surface area (Å²) in [6.45, 7) is 26.1. The summed E-state index contributed by atoms with van der Waals surface area (Å²) in [5, 5.41) is 4.62. The zero-order valence-electron chi connectivity index (χ0n) is 34.4. The molecule has 0 amide bonds. The second-order valence-electron chi connectivity index (χ2n) is 14.8. The largest absolute Gasteiger partial charge is 0.462 e. The zero-order chi connectivity index (χ0) is 39.1. The first-order valence-electron chi connectivity index (χ1n) is 19.2. The van der Waals surface area contributed by atoms with Crippen LogP contribution in [-0.2, 0) is 0 Å². The smallest absolute Gasteiger partial charge is 0.162 e. The number of aryl methyl sites for hydroxylation is 2. The quantitative estimate of drug-likeness (QED) is 0.170. The summed E-state index contributed by atoms with van der Waals surface area (Å²) in [6, 6.07) is 12.6. The van der Waals surface area contributed by atoms with Crippen molar-refractivity contribution in [1.29, 1.82) is 0 Å². The molecule has 286 valence electrons. The van der Waals surface area contributed by atoms with Crippen LogP contribution < -0.4 is 19.8 Å². The number of aliphatic imine (C=N–C) groups is 1. The first kappa shape index (κ1) is 41.7. The van der Waals surface area contributed by atoms with E-state index >= 15 is 0 Å². The Balaban J connectivity index is 0.000000150. The van der Waals surface area contributed by atoms with E-state index in [1.807, 2.05) is 46.1 Å². The molecule has 3 aliphatic rings. The van der Waals surface area contributed by atoms with E-state index in [0.29, 0.717) is 0 Å². The van der Waals surface area contributed by atoms with Gasteiger partial charge in [0.05, 0.1) is 42.3 Å². The van der Waals surface area contributed by atoms with Crippen molar-refractivity contribution in [3.63, 3.8) is 0 Å². The zero-order valence-corrected chi connectivity index (χ0v) is 37.6. The summed E-state index contributed by atoms with van der Waals surface area (Å²) in [6.07, 6.45) is 9.96. The van der Waals surface area contributed by atoms with Gasteiger partial charge in [0.15, 0.2) is 10.8 Å². The monoisotopic (exact) mass is 795 g/mol. The average Bonchev–Trinajstić information content (AvgIpc) is 3.99. The Kier molecular flexibility index (Phi) is 14.6. The molecule has 0 N–H and O–H groups in total. The maximum Gasteiger partial charge on any atom is 0.162 e. The lowest BCUT2D eigenvalue weighted by molar-refractivity contribution is 0.581. The van der Waals surface area contributed by atoms with E-state index in [0.717, 1.165) is 29.3 Å². The molecule has 8 rings (SSSR count). The van der Waals surface area contributed by atoms with Gasteiger partial charge in [0.2, 0.25) is 0 Å². The molecule has 5 aromatic rings. The lowest BCUT2D eigenvalue weighted by atomic mass is 9.92. The van der Waals surface area contributed by atoms with Crippen LogP contribution in [0.3, 0.4) is 0 Å². The van der Waals surface area contributed by atoms with Crippen LogP contribution in [0.2, 0.25) is 0 Å². The van der Waals surface area contributed by atoms with Crippen LogP contribution in [0.15, 0.2) is 74.5 Å². The molecule has 0 radical (unpaired) electrons. The molecule has 3 aliphatic carbocycles. The molecule has 0 atom stereocenters. The number of furan rings is 1. The van der Waals surface area contributed by atoms with Crippen LogP contribution >= 0.6 is 45.3 Å². The SMILES string of the molecule is CC(=NC1=C(C)CCC(C)=C1C)c1ccc(C)s1.CC1=c2nc(-c3ccc(C)s3)sc2=C(C)CC1.CC1=c2nc(-c3ccco3)sc2=C(C)CC1.CCC. The number of hydrogen-bond acceptors (Lipinski definition) is 8. The second-order valence-corrected chi connectivity index (χ2v) is 19.3. The maximum atomic E-state index is 5.40. The van der Waals surface area contributed by atoms with Gasteiger partial charge < -0.3 is 4.42 Å². The first-order chi connectivity index (χ1) is 25.8. The third-order valence-electron chi connectivity index (χ3n) is 9.92. The van der Waals surface area contributed by atoms with Crippen molar-refractivity contribution in [2.24, 2.45) is 4.99 Å². The fraction of sp³-hybridized carbons (Fsp3) is 0.413. The second kappa shape index (κ2) is 18.9. The Morgan fingerprint density at radius 1 is 0.611 bits per heavy atom. The summed E-state index contributed by atoms with van der Waals surface area (Å²) in [4.78, 5) is 19.7. The van der Waals surface area contributed by atoms with E-state index in [9.17, 15) is 0 Å². The van der Waals surface area contributed by atoms with Gasteiger partial charge in [-0.25, -0.2) is 9.97 Å². The number of aromatic nitrogens is 2. The number of allylic oxidation sites excluding steroid dienone is 3. The fourth-order valence-corrected chi connectivity index (χ4v) is 10.5. The number of thiazole rings is 2. The molecule has 5 heterocycles. The average molecular weight is 796 g/mol. The Bertz CT molecular complexity index is 2360. The van der Waals surface area contributed by atoms with Crippen molar-refractivity contribution in [3.05, 3.63) is 99.5 Å². The third kappa shape index (κ3) is 10.1. The summed E-state index contributed by atoms with van der Waals surface area (Å²) >= 11 is 7.25. The molecule has 0 spiro atoms.